The van der Waals surface area contributed by atoms with Gasteiger partial charge in [-0.3, -0.25) is 14.5 Å². The molecule has 16 heavy (non-hydrogen) atoms. The molecule has 1 aromatic rings. The molecule has 1 aromatic heterocycles. The van der Waals surface area contributed by atoms with Crippen molar-refractivity contribution in [2.75, 3.05) is 5.73 Å². The van der Waals surface area contributed by atoms with Crippen LogP contribution in [-0.2, 0) is 16.1 Å². The molecule has 2 amide bonds. The molecule has 1 saturated heterocycles. The lowest BCUT2D eigenvalue weighted by molar-refractivity contribution is -0.144. The van der Waals surface area contributed by atoms with E-state index in [1.165, 1.54) is 16.2 Å². The first-order chi connectivity index (χ1) is 7.66. The van der Waals surface area contributed by atoms with Gasteiger partial charge in [0.2, 0.25) is 11.8 Å². The lowest BCUT2D eigenvalue weighted by Gasteiger charge is -2.17. The molecule has 1 fully saturated rings. The van der Waals surface area contributed by atoms with Crippen LogP contribution in [0.5, 0.6) is 0 Å². The van der Waals surface area contributed by atoms with E-state index >= 15 is 0 Å². The zero-order valence-electron chi connectivity index (χ0n) is 8.81. The summed E-state index contributed by atoms with van der Waals surface area (Å²) in [6, 6.07) is 0. The predicted octanol–water partition coefficient (Wildman–Crippen LogP) is 1.15. The number of anilines is 1. The lowest BCUT2D eigenvalue weighted by atomic mass is 10.2. The Labute approximate surface area is 97.3 Å². The van der Waals surface area contributed by atoms with Gasteiger partial charge in [-0.2, -0.15) is 0 Å². The van der Waals surface area contributed by atoms with Gasteiger partial charge in [0.05, 0.1) is 6.54 Å². The predicted molar refractivity (Wildman–Crippen MR) is 60.6 cm³/mol. The number of hydrogen-bond donors (Lipinski definition) is 1. The number of aromatic nitrogens is 1. The number of thiazole rings is 1. The topological polar surface area (TPSA) is 76.3 Å². The summed E-state index contributed by atoms with van der Waals surface area (Å²) >= 11 is 1.31. The summed E-state index contributed by atoms with van der Waals surface area (Å²) < 4.78 is 0. The normalized spacial score (nSPS) is 17.6. The first-order valence-corrected chi connectivity index (χ1v) is 6.02. The number of amides is 2. The second-order valence-corrected chi connectivity index (χ2v) is 4.89. The third-order valence-electron chi connectivity index (χ3n) is 2.52. The number of carbonyl (C=O) groups is 2. The summed E-state index contributed by atoms with van der Waals surface area (Å²) in [6.45, 7) is 0.312. The molecule has 1 aliphatic heterocycles. The maximum absolute atomic E-state index is 11.7. The van der Waals surface area contributed by atoms with Gasteiger partial charge in [-0.05, 0) is 12.8 Å². The van der Waals surface area contributed by atoms with Crippen LogP contribution in [0.2, 0.25) is 0 Å². The van der Waals surface area contributed by atoms with E-state index in [2.05, 4.69) is 4.98 Å². The standard InChI is InChI=1S/C10H13N3O2S/c11-10-12-5-7(16-10)6-13-8(14)3-1-2-4-9(13)15/h5H,1-4,6H2,(H2,11,12). The van der Waals surface area contributed by atoms with E-state index in [0.717, 1.165) is 17.7 Å². The Morgan fingerprint density at radius 2 is 1.94 bits per heavy atom. The minimum absolute atomic E-state index is 0.0885. The first kappa shape index (κ1) is 11.1. The molecule has 86 valence electrons. The summed E-state index contributed by atoms with van der Waals surface area (Å²) in [5.74, 6) is -0.177. The first-order valence-electron chi connectivity index (χ1n) is 5.20. The van der Waals surface area contributed by atoms with Gasteiger partial charge in [0.25, 0.3) is 0 Å². The van der Waals surface area contributed by atoms with E-state index in [9.17, 15) is 9.59 Å². The molecule has 0 radical (unpaired) electrons. The van der Waals surface area contributed by atoms with Crippen LogP contribution < -0.4 is 5.73 Å². The van der Waals surface area contributed by atoms with Crippen LogP contribution >= 0.6 is 11.3 Å². The van der Waals surface area contributed by atoms with Crippen molar-refractivity contribution >= 4 is 28.3 Å². The zero-order valence-corrected chi connectivity index (χ0v) is 9.63. The van der Waals surface area contributed by atoms with Crippen molar-refractivity contribution in [1.82, 2.24) is 9.88 Å². The smallest absolute Gasteiger partial charge is 0.229 e. The summed E-state index contributed by atoms with van der Waals surface area (Å²) in [5, 5.41) is 0.463. The number of hydrogen-bond acceptors (Lipinski definition) is 5. The third kappa shape index (κ3) is 2.38. The van der Waals surface area contributed by atoms with Crippen LogP contribution in [-0.4, -0.2) is 21.7 Å². The van der Waals surface area contributed by atoms with Crippen molar-refractivity contribution in [1.29, 1.82) is 0 Å². The Bertz CT molecular complexity index is 398. The Hall–Kier alpha value is -1.43. The molecule has 1 aliphatic rings. The van der Waals surface area contributed by atoms with Crippen molar-refractivity contribution in [2.45, 2.75) is 32.2 Å². The van der Waals surface area contributed by atoms with Gasteiger partial charge in [0.1, 0.15) is 0 Å². The van der Waals surface area contributed by atoms with Crippen molar-refractivity contribution in [3.63, 3.8) is 0 Å². The monoisotopic (exact) mass is 239 g/mol. The summed E-state index contributed by atoms with van der Waals surface area (Å²) in [5.41, 5.74) is 5.50. The molecule has 0 aromatic carbocycles. The summed E-state index contributed by atoms with van der Waals surface area (Å²) in [6.07, 6.45) is 4.13. The van der Waals surface area contributed by atoms with Crippen molar-refractivity contribution < 1.29 is 9.59 Å². The van der Waals surface area contributed by atoms with Crippen LogP contribution in [0, 0.1) is 0 Å². The number of likely N-dealkylation sites (tertiary alicyclic amines) is 1. The van der Waals surface area contributed by atoms with Crippen LogP contribution in [0.15, 0.2) is 6.20 Å². The van der Waals surface area contributed by atoms with E-state index in [-0.39, 0.29) is 11.8 Å². The highest BCUT2D eigenvalue weighted by molar-refractivity contribution is 7.15. The van der Waals surface area contributed by atoms with E-state index in [1.807, 2.05) is 0 Å². The van der Waals surface area contributed by atoms with Gasteiger partial charge in [0.15, 0.2) is 5.13 Å². The molecule has 0 aliphatic carbocycles. The molecule has 2 rings (SSSR count). The fourth-order valence-corrected chi connectivity index (χ4v) is 2.36. The maximum Gasteiger partial charge on any atom is 0.229 e. The van der Waals surface area contributed by atoms with Gasteiger partial charge in [-0.15, -0.1) is 11.3 Å². The quantitative estimate of drug-likeness (QED) is 0.785. The van der Waals surface area contributed by atoms with Gasteiger partial charge in [-0.25, -0.2) is 4.98 Å². The SMILES string of the molecule is Nc1ncc(CN2C(=O)CCCCC2=O)s1. The number of nitrogens with two attached hydrogens (primary N) is 1. The van der Waals surface area contributed by atoms with E-state index in [4.69, 9.17) is 5.73 Å². The fraction of sp³-hybridized carbons (Fsp3) is 0.500. The molecule has 2 N–H and O–H groups in total. The second-order valence-electron chi connectivity index (χ2n) is 3.75. The Morgan fingerprint density at radius 3 is 2.44 bits per heavy atom. The van der Waals surface area contributed by atoms with Gasteiger partial charge in [-0.1, -0.05) is 0 Å². The van der Waals surface area contributed by atoms with E-state index in [0.29, 0.717) is 24.5 Å². The Morgan fingerprint density at radius 1 is 1.31 bits per heavy atom. The van der Waals surface area contributed by atoms with Gasteiger partial charge in [0, 0.05) is 23.9 Å². The number of nitrogens with zero attached hydrogens (tertiary/aromatic N) is 2. The summed E-state index contributed by atoms with van der Waals surface area (Å²) in [4.78, 5) is 29.5. The number of rotatable bonds is 2. The third-order valence-corrected chi connectivity index (χ3v) is 3.33. The molecule has 0 atom stereocenters. The average molecular weight is 239 g/mol. The highest BCUT2D eigenvalue weighted by atomic mass is 32.1. The summed E-state index contributed by atoms with van der Waals surface area (Å²) in [7, 11) is 0. The largest absolute Gasteiger partial charge is 0.375 e. The van der Waals surface area contributed by atoms with Gasteiger partial charge >= 0.3 is 0 Å². The van der Waals surface area contributed by atoms with Crippen LogP contribution in [0.3, 0.4) is 0 Å². The highest BCUT2D eigenvalue weighted by Crippen LogP contribution is 2.20. The minimum atomic E-state index is -0.0885. The van der Waals surface area contributed by atoms with Crippen LogP contribution in [0.25, 0.3) is 0 Å². The van der Waals surface area contributed by atoms with Crippen molar-refractivity contribution in [2.24, 2.45) is 0 Å². The van der Waals surface area contributed by atoms with E-state index in [1.54, 1.807) is 6.20 Å². The molecule has 0 unspecified atom stereocenters. The number of imide groups is 1. The Kier molecular flexibility index (Phi) is 3.19. The zero-order chi connectivity index (χ0) is 11.5. The second kappa shape index (κ2) is 4.61. The van der Waals surface area contributed by atoms with E-state index < -0.39 is 0 Å². The molecular formula is C10H13N3O2S. The number of nitrogen functional groups attached to an aromatic ring is 1. The van der Waals surface area contributed by atoms with Gasteiger partial charge < -0.3 is 5.73 Å². The molecule has 2 heterocycles. The lowest BCUT2D eigenvalue weighted by Crippen LogP contribution is -2.34. The average Bonchev–Trinajstić information content (AvgIpc) is 2.59. The highest BCUT2D eigenvalue weighted by Gasteiger charge is 2.24. The molecule has 6 heteroatoms. The molecule has 0 saturated carbocycles. The van der Waals surface area contributed by atoms with Crippen LogP contribution in [0.1, 0.15) is 30.6 Å². The molecule has 0 spiro atoms. The molecule has 0 bridgehead atoms. The van der Waals surface area contributed by atoms with Crippen LogP contribution in [0.4, 0.5) is 5.13 Å². The van der Waals surface area contributed by atoms with Crippen molar-refractivity contribution in [3.8, 4) is 0 Å². The maximum atomic E-state index is 11.7. The minimum Gasteiger partial charge on any atom is -0.375 e. The molecular weight excluding hydrogens is 226 g/mol. The molecule has 5 nitrogen and oxygen atoms in total. The number of carbonyl (C=O) groups excluding carboxylic acids is 2. The van der Waals surface area contributed by atoms with Crippen molar-refractivity contribution in [3.05, 3.63) is 11.1 Å². The Balaban J connectivity index is 2.11. The fourth-order valence-electron chi connectivity index (χ4n) is 1.69.